The van der Waals surface area contributed by atoms with E-state index in [2.05, 4.69) is 53.3 Å². The smallest absolute Gasteiger partial charge is 0.0734 e. The maximum absolute atomic E-state index is 4.51. The molecule has 1 N–H and O–H groups in total. The fourth-order valence-electron chi connectivity index (χ4n) is 2.76. The fourth-order valence-corrected chi connectivity index (χ4v) is 3.99. The van der Waals surface area contributed by atoms with E-state index >= 15 is 0 Å². The Morgan fingerprint density at radius 2 is 2.21 bits per heavy atom. The van der Waals surface area contributed by atoms with Crippen molar-refractivity contribution in [3.8, 4) is 0 Å². The molecule has 100 valence electrons. The standard InChI is InChI=1S/C16H20N2S/c1-12-15(8-11-19-12)17-10-7-14-5-2-4-13-6-3-9-18-16(13)14/h2-6,9,12,15,17H,7-8,10-11H2,1H3. The molecule has 2 aromatic rings. The Morgan fingerprint density at radius 3 is 3.05 bits per heavy atom. The van der Waals surface area contributed by atoms with Crippen molar-refractivity contribution in [2.75, 3.05) is 12.3 Å². The second-order valence-electron chi connectivity index (χ2n) is 5.17. The Balaban J connectivity index is 1.65. The third kappa shape index (κ3) is 2.93. The fraction of sp³-hybridized carbons (Fsp3) is 0.438. The highest BCUT2D eigenvalue weighted by molar-refractivity contribution is 8.00. The summed E-state index contributed by atoms with van der Waals surface area (Å²) in [7, 11) is 0. The highest BCUT2D eigenvalue weighted by Gasteiger charge is 2.22. The second-order valence-corrected chi connectivity index (χ2v) is 6.65. The molecule has 1 aliphatic heterocycles. The third-order valence-electron chi connectivity index (χ3n) is 3.89. The van der Waals surface area contributed by atoms with E-state index in [1.807, 2.05) is 12.3 Å². The number of hydrogen-bond acceptors (Lipinski definition) is 3. The highest BCUT2D eigenvalue weighted by Crippen LogP contribution is 2.26. The predicted octanol–water partition coefficient (Wildman–Crippen LogP) is 3.26. The van der Waals surface area contributed by atoms with Crippen LogP contribution in [0, 0.1) is 0 Å². The number of para-hydroxylation sites is 1. The van der Waals surface area contributed by atoms with Crippen molar-refractivity contribution in [1.82, 2.24) is 10.3 Å². The molecule has 1 aliphatic rings. The summed E-state index contributed by atoms with van der Waals surface area (Å²) in [4.78, 5) is 4.51. The Labute approximate surface area is 119 Å². The normalized spacial score (nSPS) is 23.0. The van der Waals surface area contributed by atoms with Gasteiger partial charge in [0, 0.05) is 22.9 Å². The second kappa shape index (κ2) is 5.93. The predicted molar refractivity (Wildman–Crippen MR) is 83.8 cm³/mol. The van der Waals surface area contributed by atoms with Crippen molar-refractivity contribution >= 4 is 22.7 Å². The van der Waals surface area contributed by atoms with Crippen LogP contribution in [-0.4, -0.2) is 28.6 Å². The molecule has 2 atom stereocenters. The summed E-state index contributed by atoms with van der Waals surface area (Å²) in [6.45, 7) is 3.38. The number of hydrogen-bond donors (Lipinski definition) is 1. The first kappa shape index (κ1) is 12.9. The van der Waals surface area contributed by atoms with Crippen LogP contribution >= 0.6 is 11.8 Å². The molecule has 0 radical (unpaired) electrons. The molecule has 2 nitrogen and oxygen atoms in total. The van der Waals surface area contributed by atoms with Crippen molar-refractivity contribution in [3.05, 3.63) is 42.1 Å². The molecule has 2 heterocycles. The average Bonchev–Trinajstić information content (AvgIpc) is 2.85. The van der Waals surface area contributed by atoms with Crippen molar-refractivity contribution in [2.24, 2.45) is 0 Å². The lowest BCUT2D eigenvalue weighted by atomic mass is 10.1. The number of pyridine rings is 1. The molecule has 19 heavy (non-hydrogen) atoms. The first-order valence-corrected chi connectivity index (χ1v) is 8.07. The van der Waals surface area contributed by atoms with Gasteiger partial charge in [0.15, 0.2) is 0 Å². The zero-order valence-electron chi connectivity index (χ0n) is 11.3. The number of rotatable bonds is 4. The molecule has 0 saturated carbocycles. The van der Waals surface area contributed by atoms with Gasteiger partial charge in [0.1, 0.15) is 0 Å². The van der Waals surface area contributed by atoms with Crippen molar-refractivity contribution in [1.29, 1.82) is 0 Å². The van der Waals surface area contributed by atoms with Crippen LogP contribution < -0.4 is 5.32 Å². The number of benzene rings is 1. The van der Waals surface area contributed by atoms with Crippen molar-refractivity contribution in [2.45, 2.75) is 31.1 Å². The van der Waals surface area contributed by atoms with E-state index in [0.717, 1.165) is 23.7 Å². The topological polar surface area (TPSA) is 24.9 Å². The lowest BCUT2D eigenvalue weighted by Crippen LogP contribution is -2.34. The van der Waals surface area contributed by atoms with Gasteiger partial charge in [0.25, 0.3) is 0 Å². The molecule has 3 rings (SSSR count). The van der Waals surface area contributed by atoms with Gasteiger partial charge >= 0.3 is 0 Å². The molecule has 3 heteroatoms. The third-order valence-corrected chi connectivity index (χ3v) is 5.22. The monoisotopic (exact) mass is 272 g/mol. The summed E-state index contributed by atoms with van der Waals surface area (Å²) in [5, 5.41) is 5.69. The maximum Gasteiger partial charge on any atom is 0.0734 e. The summed E-state index contributed by atoms with van der Waals surface area (Å²) in [6, 6.07) is 11.3. The first-order valence-electron chi connectivity index (χ1n) is 7.02. The number of aromatic nitrogens is 1. The lowest BCUT2D eigenvalue weighted by molar-refractivity contribution is 0.517. The first-order chi connectivity index (χ1) is 9.34. The van der Waals surface area contributed by atoms with Crippen molar-refractivity contribution in [3.63, 3.8) is 0 Å². The van der Waals surface area contributed by atoms with Gasteiger partial charge in [-0.05, 0) is 36.8 Å². The SMILES string of the molecule is CC1SCCC1NCCc1cccc2cccnc12. The van der Waals surface area contributed by atoms with E-state index in [-0.39, 0.29) is 0 Å². The van der Waals surface area contributed by atoms with Crippen LogP contribution in [-0.2, 0) is 6.42 Å². The highest BCUT2D eigenvalue weighted by atomic mass is 32.2. The van der Waals surface area contributed by atoms with Crippen LogP contribution in [0.5, 0.6) is 0 Å². The molecule has 2 unspecified atom stereocenters. The van der Waals surface area contributed by atoms with Gasteiger partial charge in [0.2, 0.25) is 0 Å². The number of fused-ring (bicyclic) bond motifs is 1. The molecule has 0 spiro atoms. The Hall–Kier alpha value is -1.06. The van der Waals surface area contributed by atoms with Gasteiger partial charge in [-0.1, -0.05) is 31.2 Å². The Bertz CT molecular complexity index is 550. The molecule has 0 aliphatic carbocycles. The summed E-state index contributed by atoms with van der Waals surface area (Å²) in [5.41, 5.74) is 2.50. The maximum atomic E-state index is 4.51. The summed E-state index contributed by atoms with van der Waals surface area (Å²) < 4.78 is 0. The molecule has 1 aromatic heterocycles. The molecule has 0 bridgehead atoms. The van der Waals surface area contributed by atoms with Gasteiger partial charge < -0.3 is 5.32 Å². The van der Waals surface area contributed by atoms with Crippen LogP contribution in [0.3, 0.4) is 0 Å². The molecule has 1 aromatic carbocycles. The number of thioether (sulfide) groups is 1. The minimum atomic E-state index is 0.688. The number of nitrogens with one attached hydrogen (secondary N) is 1. The van der Waals surface area contributed by atoms with Gasteiger partial charge in [-0.2, -0.15) is 11.8 Å². The molecule has 1 fully saturated rings. The van der Waals surface area contributed by atoms with E-state index in [1.54, 1.807) is 0 Å². The Morgan fingerprint density at radius 1 is 1.32 bits per heavy atom. The summed E-state index contributed by atoms with van der Waals surface area (Å²) in [5.74, 6) is 1.30. The molecule has 0 amide bonds. The van der Waals surface area contributed by atoms with Crippen LogP contribution in [0.4, 0.5) is 0 Å². The van der Waals surface area contributed by atoms with Gasteiger partial charge in [-0.25, -0.2) is 0 Å². The quantitative estimate of drug-likeness (QED) is 0.924. The molecular formula is C16H20N2S. The lowest BCUT2D eigenvalue weighted by Gasteiger charge is -2.16. The van der Waals surface area contributed by atoms with Gasteiger partial charge in [-0.15, -0.1) is 0 Å². The zero-order chi connectivity index (χ0) is 13.1. The average molecular weight is 272 g/mol. The number of nitrogens with zero attached hydrogens (tertiary/aromatic N) is 1. The van der Waals surface area contributed by atoms with Crippen molar-refractivity contribution < 1.29 is 0 Å². The van der Waals surface area contributed by atoms with Crippen LogP contribution in [0.2, 0.25) is 0 Å². The zero-order valence-corrected chi connectivity index (χ0v) is 12.1. The van der Waals surface area contributed by atoms with E-state index in [0.29, 0.717) is 6.04 Å². The van der Waals surface area contributed by atoms with E-state index in [9.17, 15) is 0 Å². The van der Waals surface area contributed by atoms with Crippen LogP contribution in [0.1, 0.15) is 18.9 Å². The Kier molecular flexibility index (Phi) is 4.04. The minimum absolute atomic E-state index is 0.688. The van der Waals surface area contributed by atoms with Crippen LogP contribution in [0.15, 0.2) is 36.5 Å². The molecule has 1 saturated heterocycles. The van der Waals surface area contributed by atoms with E-state index < -0.39 is 0 Å². The largest absolute Gasteiger partial charge is 0.313 e. The molecular weight excluding hydrogens is 252 g/mol. The summed E-state index contributed by atoms with van der Waals surface area (Å²) >= 11 is 2.08. The van der Waals surface area contributed by atoms with E-state index in [1.165, 1.54) is 23.1 Å². The van der Waals surface area contributed by atoms with Gasteiger partial charge in [0.05, 0.1) is 5.52 Å². The van der Waals surface area contributed by atoms with Crippen LogP contribution in [0.25, 0.3) is 10.9 Å². The summed E-state index contributed by atoms with van der Waals surface area (Å²) in [6.07, 6.45) is 4.25. The minimum Gasteiger partial charge on any atom is -0.313 e. The van der Waals surface area contributed by atoms with Gasteiger partial charge in [-0.3, -0.25) is 4.98 Å². The van der Waals surface area contributed by atoms with E-state index in [4.69, 9.17) is 0 Å².